The summed E-state index contributed by atoms with van der Waals surface area (Å²) in [6, 6.07) is 16.4. The molecule has 0 radical (unpaired) electrons. The van der Waals surface area contributed by atoms with Gasteiger partial charge in [0.15, 0.2) is 18.1 Å². The number of hydrogen-bond donors (Lipinski definition) is 2. The number of carbonyl (C=O) groups is 1. The highest BCUT2D eigenvalue weighted by atomic mass is 16.5. The van der Waals surface area contributed by atoms with E-state index in [1.165, 1.54) is 6.33 Å². The minimum atomic E-state index is -0.268. The lowest BCUT2D eigenvalue weighted by molar-refractivity contribution is -0.118. The van der Waals surface area contributed by atoms with E-state index in [0.29, 0.717) is 23.0 Å². The molecule has 3 rings (SSSR count). The Hall–Kier alpha value is -3.61. The highest BCUT2D eigenvalue weighted by Crippen LogP contribution is 2.25. The number of benzene rings is 2. The van der Waals surface area contributed by atoms with E-state index >= 15 is 0 Å². The number of nitrogens with zero attached hydrogens (tertiary/aromatic N) is 2. The van der Waals surface area contributed by atoms with Crippen LogP contribution in [-0.4, -0.2) is 29.6 Å². The Morgan fingerprint density at radius 1 is 1.00 bits per heavy atom. The molecule has 0 atom stereocenters. The number of anilines is 3. The molecule has 3 aromatic rings. The summed E-state index contributed by atoms with van der Waals surface area (Å²) in [5.74, 6) is 1.52. The van der Waals surface area contributed by atoms with Gasteiger partial charge in [-0.05, 0) is 37.3 Å². The average molecular weight is 364 g/mol. The van der Waals surface area contributed by atoms with Crippen LogP contribution in [0.3, 0.4) is 0 Å². The van der Waals surface area contributed by atoms with Gasteiger partial charge in [0.05, 0.1) is 7.11 Å². The molecule has 0 aliphatic heterocycles. The molecule has 7 nitrogen and oxygen atoms in total. The third kappa shape index (κ3) is 5.18. The summed E-state index contributed by atoms with van der Waals surface area (Å²) < 4.78 is 10.7. The minimum absolute atomic E-state index is 0.122. The number of aryl methyl sites for hydroxylation is 1. The smallest absolute Gasteiger partial charge is 0.262 e. The lowest BCUT2D eigenvalue weighted by Gasteiger charge is -2.11. The van der Waals surface area contributed by atoms with Gasteiger partial charge >= 0.3 is 0 Å². The van der Waals surface area contributed by atoms with Crippen molar-refractivity contribution in [1.82, 2.24) is 9.97 Å². The first-order valence-electron chi connectivity index (χ1n) is 8.35. The maximum absolute atomic E-state index is 12.2. The molecular formula is C20H20N4O3. The second-order valence-electron chi connectivity index (χ2n) is 5.74. The number of nitrogens with one attached hydrogen (secondary N) is 2. The number of aromatic nitrogens is 2. The van der Waals surface area contributed by atoms with Gasteiger partial charge in [0, 0.05) is 23.1 Å². The van der Waals surface area contributed by atoms with Gasteiger partial charge in [-0.1, -0.05) is 18.2 Å². The number of para-hydroxylation sites is 2. The predicted octanol–water partition coefficient (Wildman–Crippen LogP) is 3.55. The maximum atomic E-state index is 12.2. The summed E-state index contributed by atoms with van der Waals surface area (Å²) in [5, 5.41) is 5.99. The summed E-state index contributed by atoms with van der Waals surface area (Å²) in [6.45, 7) is 1.77. The third-order valence-electron chi connectivity index (χ3n) is 3.65. The minimum Gasteiger partial charge on any atom is -0.493 e. The highest BCUT2D eigenvalue weighted by Gasteiger charge is 2.08. The molecule has 2 aromatic carbocycles. The fraction of sp³-hybridized carbons (Fsp3) is 0.150. The lowest BCUT2D eigenvalue weighted by Crippen LogP contribution is -2.20. The molecule has 1 amide bonds. The van der Waals surface area contributed by atoms with Crippen molar-refractivity contribution >= 4 is 23.1 Å². The molecule has 0 bridgehead atoms. The second-order valence-corrected chi connectivity index (χ2v) is 5.74. The average Bonchev–Trinajstić information content (AvgIpc) is 2.67. The van der Waals surface area contributed by atoms with Crippen LogP contribution in [0.2, 0.25) is 0 Å². The summed E-state index contributed by atoms with van der Waals surface area (Å²) in [6.07, 6.45) is 1.50. The molecule has 0 spiro atoms. The van der Waals surface area contributed by atoms with E-state index in [2.05, 4.69) is 20.6 Å². The zero-order valence-corrected chi connectivity index (χ0v) is 15.1. The SMILES string of the molecule is COc1ccccc1OCC(=O)Nc1cccc(Nc2cc(C)ncn2)c1. The van der Waals surface area contributed by atoms with Crippen LogP contribution in [0, 0.1) is 6.92 Å². The van der Waals surface area contributed by atoms with Crippen LogP contribution in [0.1, 0.15) is 5.69 Å². The molecule has 7 heteroatoms. The van der Waals surface area contributed by atoms with Crippen LogP contribution in [0.4, 0.5) is 17.2 Å². The second kappa shape index (κ2) is 8.66. The molecule has 0 aliphatic rings. The maximum Gasteiger partial charge on any atom is 0.262 e. The number of carbonyl (C=O) groups excluding carboxylic acids is 1. The van der Waals surface area contributed by atoms with Crippen LogP contribution in [-0.2, 0) is 4.79 Å². The monoisotopic (exact) mass is 364 g/mol. The molecule has 0 saturated heterocycles. The molecule has 0 unspecified atom stereocenters. The largest absolute Gasteiger partial charge is 0.493 e. The predicted molar refractivity (Wildman–Crippen MR) is 104 cm³/mol. The summed E-state index contributed by atoms with van der Waals surface area (Å²) >= 11 is 0. The quantitative estimate of drug-likeness (QED) is 0.667. The Labute approximate surface area is 157 Å². The zero-order chi connectivity index (χ0) is 19.1. The molecule has 27 heavy (non-hydrogen) atoms. The van der Waals surface area contributed by atoms with Crippen LogP contribution in [0.15, 0.2) is 60.9 Å². The van der Waals surface area contributed by atoms with Gasteiger partial charge in [0.2, 0.25) is 0 Å². The Kier molecular flexibility index (Phi) is 5.84. The van der Waals surface area contributed by atoms with E-state index < -0.39 is 0 Å². The van der Waals surface area contributed by atoms with E-state index in [1.807, 2.05) is 43.3 Å². The zero-order valence-electron chi connectivity index (χ0n) is 15.1. The van der Waals surface area contributed by atoms with E-state index in [9.17, 15) is 4.79 Å². The number of rotatable bonds is 7. The van der Waals surface area contributed by atoms with Crippen molar-refractivity contribution in [3.63, 3.8) is 0 Å². The Balaban J connectivity index is 1.59. The van der Waals surface area contributed by atoms with E-state index in [4.69, 9.17) is 9.47 Å². The summed E-state index contributed by atoms with van der Waals surface area (Å²) in [5.41, 5.74) is 2.32. The third-order valence-corrected chi connectivity index (χ3v) is 3.65. The molecule has 0 saturated carbocycles. The molecule has 2 N–H and O–H groups in total. The van der Waals surface area contributed by atoms with Crippen LogP contribution < -0.4 is 20.1 Å². The first-order chi connectivity index (χ1) is 13.1. The fourth-order valence-corrected chi connectivity index (χ4v) is 2.42. The van der Waals surface area contributed by atoms with Crippen molar-refractivity contribution in [3.8, 4) is 11.5 Å². The van der Waals surface area contributed by atoms with Crippen molar-refractivity contribution in [1.29, 1.82) is 0 Å². The number of methoxy groups -OCH3 is 1. The highest BCUT2D eigenvalue weighted by molar-refractivity contribution is 5.92. The Morgan fingerprint density at radius 2 is 1.78 bits per heavy atom. The van der Waals surface area contributed by atoms with Crippen LogP contribution in [0.5, 0.6) is 11.5 Å². The molecule has 0 aliphatic carbocycles. The van der Waals surface area contributed by atoms with Gasteiger partial charge < -0.3 is 20.1 Å². The summed E-state index contributed by atoms with van der Waals surface area (Å²) in [4.78, 5) is 20.4. The van der Waals surface area contributed by atoms with E-state index in [0.717, 1.165) is 11.4 Å². The lowest BCUT2D eigenvalue weighted by atomic mass is 10.2. The number of amides is 1. The fourth-order valence-electron chi connectivity index (χ4n) is 2.42. The van der Waals surface area contributed by atoms with Gasteiger partial charge in [-0.25, -0.2) is 9.97 Å². The van der Waals surface area contributed by atoms with Crippen molar-refractivity contribution in [2.75, 3.05) is 24.4 Å². The van der Waals surface area contributed by atoms with Crippen molar-refractivity contribution in [2.24, 2.45) is 0 Å². The molecule has 1 heterocycles. The topological polar surface area (TPSA) is 85.4 Å². The number of ether oxygens (including phenoxy) is 2. The number of hydrogen-bond acceptors (Lipinski definition) is 6. The van der Waals surface area contributed by atoms with Crippen molar-refractivity contribution < 1.29 is 14.3 Å². The Morgan fingerprint density at radius 3 is 2.56 bits per heavy atom. The summed E-state index contributed by atoms with van der Waals surface area (Å²) in [7, 11) is 1.56. The van der Waals surface area contributed by atoms with Crippen molar-refractivity contribution in [3.05, 3.63) is 66.6 Å². The van der Waals surface area contributed by atoms with Gasteiger partial charge in [0.25, 0.3) is 5.91 Å². The normalized spacial score (nSPS) is 10.1. The van der Waals surface area contributed by atoms with Gasteiger partial charge in [-0.15, -0.1) is 0 Å². The standard InChI is InChI=1S/C20H20N4O3/c1-14-10-19(22-13-21-14)23-15-6-5-7-16(11-15)24-20(25)12-27-18-9-4-3-8-17(18)26-2/h3-11,13H,12H2,1-2H3,(H,24,25)(H,21,22,23). The molecule has 0 fully saturated rings. The first-order valence-corrected chi connectivity index (χ1v) is 8.35. The van der Waals surface area contributed by atoms with Gasteiger partial charge in [-0.2, -0.15) is 0 Å². The van der Waals surface area contributed by atoms with Crippen molar-refractivity contribution in [2.45, 2.75) is 6.92 Å². The van der Waals surface area contributed by atoms with Gasteiger partial charge in [0.1, 0.15) is 12.1 Å². The van der Waals surface area contributed by atoms with Crippen LogP contribution >= 0.6 is 0 Å². The van der Waals surface area contributed by atoms with Gasteiger partial charge in [-0.3, -0.25) is 4.79 Å². The van der Waals surface area contributed by atoms with Crippen LogP contribution in [0.25, 0.3) is 0 Å². The van der Waals surface area contributed by atoms with E-state index in [-0.39, 0.29) is 12.5 Å². The van der Waals surface area contributed by atoms with E-state index in [1.54, 1.807) is 25.3 Å². The Bertz CT molecular complexity index is 930. The first kappa shape index (κ1) is 18.2. The molecular weight excluding hydrogens is 344 g/mol. The molecule has 138 valence electrons. The molecule has 1 aromatic heterocycles.